The first kappa shape index (κ1) is 16.6. The number of rotatable bonds is 3. The first-order valence-corrected chi connectivity index (χ1v) is 9.83. The summed E-state index contributed by atoms with van der Waals surface area (Å²) in [5, 5.41) is 21.5. The second-order valence-electron chi connectivity index (χ2n) is 6.98. The summed E-state index contributed by atoms with van der Waals surface area (Å²) in [4.78, 5) is 16.3. The van der Waals surface area contributed by atoms with E-state index < -0.39 is 16.9 Å². The largest absolute Gasteiger partial charge is 0.481 e. The molecule has 136 valence electrons. The van der Waals surface area contributed by atoms with Gasteiger partial charge in [-0.25, -0.2) is 4.98 Å². The van der Waals surface area contributed by atoms with Crippen molar-refractivity contribution >= 4 is 17.7 Å². The lowest BCUT2D eigenvalue weighted by Crippen LogP contribution is -2.42. The fraction of sp³-hybridized carbons (Fsp3) is 0.238. The topological polar surface area (TPSA) is 75.3 Å². The Morgan fingerprint density at radius 1 is 1.15 bits per heavy atom. The monoisotopic (exact) mass is 378 g/mol. The minimum absolute atomic E-state index is 0.143. The van der Waals surface area contributed by atoms with Crippen molar-refractivity contribution in [2.75, 3.05) is 0 Å². The SMILES string of the molecule is O=C(O)C[C@H]1Sc2nc3c(n2[C@@]1(O)c1ccccc1)-c1ccccc1CC3. The molecule has 0 radical (unpaired) electrons. The summed E-state index contributed by atoms with van der Waals surface area (Å²) in [6, 6.07) is 17.5. The normalized spacial score (nSPS) is 22.8. The number of thioether (sulfide) groups is 1. The van der Waals surface area contributed by atoms with Gasteiger partial charge in [0.05, 0.1) is 23.1 Å². The van der Waals surface area contributed by atoms with Crippen LogP contribution >= 0.6 is 11.8 Å². The van der Waals surface area contributed by atoms with Gasteiger partial charge in [0.2, 0.25) is 0 Å². The van der Waals surface area contributed by atoms with E-state index in [1.807, 2.05) is 47.0 Å². The molecule has 0 bridgehead atoms. The first-order chi connectivity index (χ1) is 13.1. The molecular weight excluding hydrogens is 360 g/mol. The van der Waals surface area contributed by atoms with Gasteiger partial charge in [0.1, 0.15) is 0 Å². The lowest BCUT2D eigenvalue weighted by atomic mass is 9.90. The number of aryl methyl sites for hydroxylation is 2. The molecule has 2 atom stereocenters. The number of imidazole rings is 1. The molecule has 2 heterocycles. The summed E-state index contributed by atoms with van der Waals surface area (Å²) in [5.41, 5.74) is 3.42. The van der Waals surface area contributed by atoms with E-state index in [9.17, 15) is 15.0 Å². The number of aliphatic hydroxyl groups is 1. The number of carbonyl (C=O) groups is 1. The van der Waals surface area contributed by atoms with Crippen molar-refractivity contribution in [2.45, 2.75) is 35.4 Å². The second kappa shape index (κ2) is 5.97. The van der Waals surface area contributed by atoms with Crippen LogP contribution in [-0.2, 0) is 23.4 Å². The van der Waals surface area contributed by atoms with Crippen LogP contribution in [0.2, 0.25) is 0 Å². The van der Waals surface area contributed by atoms with E-state index in [1.165, 1.54) is 17.3 Å². The molecule has 2 aromatic carbocycles. The molecule has 0 amide bonds. The number of carboxylic acids is 1. The average Bonchev–Trinajstić information content (AvgIpc) is 3.17. The maximum Gasteiger partial charge on any atom is 0.304 e. The molecule has 2 N–H and O–H groups in total. The van der Waals surface area contributed by atoms with E-state index in [2.05, 4.69) is 12.1 Å². The molecule has 5 rings (SSSR count). The third kappa shape index (κ3) is 2.37. The molecule has 27 heavy (non-hydrogen) atoms. The number of aromatic nitrogens is 2. The summed E-state index contributed by atoms with van der Waals surface area (Å²) < 4.78 is 1.87. The van der Waals surface area contributed by atoms with E-state index in [1.54, 1.807) is 0 Å². The van der Waals surface area contributed by atoms with E-state index >= 15 is 0 Å². The van der Waals surface area contributed by atoms with Crippen LogP contribution in [0.25, 0.3) is 11.3 Å². The molecule has 1 aliphatic heterocycles. The molecule has 0 fully saturated rings. The molecule has 2 aliphatic rings. The van der Waals surface area contributed by atoms with Crippen LogP contribution in [0.1, 0.15) is 23.2 Å². The second-order valence-corrected chi connectivity index (χ2v) is 8.15. The van der Waals surface area contributed by atoms with Crippen LogP contribution in [0.5, 0.6) is 0 Å². The van der Waals surface area contributed by atoms with E-state index in [0.29, 0.717) is 10.7 Å². The smallest absolute Gasteiger partial charge is 0.304 e. The fourth-order valence-corrected chi connectivity index (χ4v) is 5.59. The highest BCUT2D eigenvalue weighted by Gasteiger charge is 2.51. The van der Waals surface area contributed by atoms with Crippen molar-refractivity contribution in [3.63, 3.8) is 0 Å². The molecular formula is C21H18N2O3S. The maximum absolute atomic E-state index is 11.9. The number of nitrogens with zero attached hydrogens (tertiary/aromatic N) is 2. The van der Waals surface area contributed by atoms with Crippen LogP contribution in [0.4, 0.5) is 0 Å². The number of hydrogen-bond acceptors (Lipinski definition) is 4. The predicted octanol–water partition coefficient (Wildman–Crippen LogP) is 3.29. The molecule has 0 spiro atoms. The number of carboxylic acid groups (broad SMARTS) is 1. The zero-order valence-corrected chi connectivity index (χ0v) is 15.3. The van der Waals surface area contributed by atoms with Crippen LogP contribution < -0.4 is 0 Å². The minimum atomic E-state index is -1.45. The number of aliphatic carboxylic acids is 1. The Labute approximate surface area is 160 Å². The van der Waals surface area contributed by atoms with E-state index in [-0.39, 0.29) is 6.42 Å². The zero-order valence-electron chi connectivity index (χ0n) is 14.5. The van der Waals surface area contributed by atoms with Gasteiger partial charge >= 0.3 is 5.97 Å². The standard InChI is InChI=1S/C21H18N2O3S/c24-18(25)12-17-21(26,14-7-2-1-3-8-14)23-19-15-9-5-4-6-13(15)10-11-16(19)22-20(23)27-17/h1-9,17,26H,10-12H2,(H,24,25)/t17-,21-/m1/s1. The van der Waals surface area contributed by atoms with Gasteiger partial charge in [0.15, 0.2) is 10.9 Å². The van der Waals surface area contributed by atoms with E-state index in [4.69, 9.17) is 4.98 Å². The number of hydrogen-bond donors (Lipinski definition) is 2. The quantitative estimate of drug-likeness (QED) is 0.731. The van der Waals surface area contributed by atoms with Gasteiger partial charge in [-0.1, -0.05) is 66.4 Å². The van der Waals surface area contributed by atoms with Gasteiger partial charge in [-0.05, 0) is 18.4 Å². The van der Waals surface area contributed by atoms with Gasteiger partial charge in [0.25, 0.3) is 0 Å². The molecule has 0 saturated carbocycles. The van der Waals surface area contributed by atoms with Crippen molar-refractivity contribution in [2.24, 2.45) is 0 Å². The Bertz CT molecular complexity index is 1050. The zero-order chi connectivity index (χ0) is 18.6. The molecule has 3 aromatic rings. The van der Waals surface area contributed by atoms with Crippen molar-refractivity contribution < 1.29 is 15.0 Å². The Morgan fingerprint density at radius 2 is 1.89 bits per heavy atom. The van der Waals surface area contributed by atoms with Crippen LogP contribution in [0.15, 0.2) is 59.8 Å². The van der Waals surface area contributed by atoms with Crippen molar-refractivity contribution in [1.29, 1.82) is 0 Å². The van der Waals surface area contributed by atoms with Gasteiger partial charge in [-0.3, -0.25) is 9.36 Å². The average molecular weight is 378 g/mol. The lowest BCUT2D eigenvalue weighted by molar-refractivity contribution is -0.138. The third-order valence-electron chi connectivity index (χ3n) is 5.42. The maximum atomic E-state index is 11.9. The Hall–Kier alpha value is -2.57. The van der Waals surface area contributed by atoms with Crippen LogP contribution in [0.3, 0.4) is 0 Å². The van der Waals surface area contributed by atoms with Gasteiger partial charge < -0.3 is 10.2 Å². The number of benzene rings is 2. The molecule has 6 heteroatoms. The Kier molecular flexibility index (Phi) is 3.67. The molecule has 0 unspecified atom stereocenters. The van der Waals surface area contributed by atoms with Crippen LogP contribution in [0, 0.1) is 0 Å². The molecule has 1 aliphatic carbocycles. The summed E-state index contributed by atoms with van der Waals surface area (Å²) in [5.74, 6) is -0.929. The summed E-state index contributed by atoms with van der Waals surface area (Å²) in [6.45, 7) is 0. The summed E-state index contributed by atoms with van der Waals surface area (Å²) >= 11 is 1.36. The van der Waals surface area contributed by atoms with Crippen LogP contribution in [-0.4, -0.2) is 31.0 Å². The summed E-state index contributed by atoms with van der Waals surface area (Å²) in [7, 11) is 0. The highest BCUT2D eigenvalue weighted by Crippen LogP contribution is 2.52. The van der Waals surface area contributed by atoms with Crippen molar-refractivity contribution in [3.05, 3.63) is 71.4 Å². The lowest BCUT2D eigenvalue weighted by Gasteiger charge is -2.33. The highest BCUT2D eigenvalue weighted by molar-refractivity contribution is 8.00. The molecule has 1 aromatic heterocycles. The first-order valence-electron chi connectivity index (χ1n) is 8.95. The summed E-state index contributed by atoms with van der Waals surface area (Å²) in [6.07, 6.45) is 1.60. The van der Waals surface area contributed by atoms with Crippen molar-refractivity contribution in [3.8, 4) is 11.3 Å². The van der Waals surface area contributed by atoms with Gasteiger partial charge in [-0.15, -0.1) is 0 Å². The molecule has 0 saturated heterocycles. The Morgan fingerprint density at radius 3 is 2.67 bits per heavy atom. The highest BCUT2D eigenvalue weighted by atomic mass is 32.2. The van der Waals surface area contributed by atoms with E-state index in [0.717, 1.165) is 29.8 Å². The Balaban J connectivity index is 1.77. The van der Waals surface area contributed by atoms with Gasteiger partial charge in [0, 0.05) is 11.1 Å². The predicted molar refractivity (Wildman–Crippen MR) is 103 cm³/mol. The third-order valence-corrected chi connectivity index (χ3v) is 6.68. The fourth-order valence-electron chi connectivity index (χ4n) is 4.21. The van der Waals surface area contributed by atoms with Crippen molar-refractivity contribution in [1.82, 2.24) is 9.55 Å². The number of fused-ring (bicyclic) bond motifs is 5. The molecule has 5 nitrogen and oxygen atoms in total. The van der Waals surface area contributed by atoms with Gasteiger partial charge in [-0.2, -0.15) is 0 Å². The minimum Gasteiger partial charge on any atom is -0.481 e.